The fourth-order valence-corrected chi connectivity index (χ4v) is 3.50. The molecule has 2 saturated heterocycles. The molecule has 7 nitrogen and oxygen atoms in total. The first-order chi connectivity index (χ1) is 10.8. The predicted molar refractivity (Wildman–Crippen MR) is 83.1 cm³/mol. The third kappa shape index (κ3) is 2.44. The highest BCUT2D eigenvalue weighted by atomic mass is 16.5. The van der Waals surface area contributed by atoms with Crippen LogP contribution in [0.3, 0.4) is 0 Å². The second-order valence-electron chi connectivity index (χ2n) is 6.06. The van der Waals surface area contributed by atoms with Gasteiger partial charge in [0.2, 0.25) is 5.65 Å². The summed E-state index contributed by atoms with van der Waals surface area (Å²) in [5.74, 6) is 1.86. The van der Waals surface area contributed by atoms with E-state index in [0.717, 1.165) is 69.5 Å². The molecule has 0 saturated carbocycles. The molecule has 2 aromatic heterocycles. The minimum absolute atomic E-state index is 0.690. The lowest BCUT2D eigenvalue weighted by molar-refractivity contribution is 0.0321. The Morgan fingerprint density at radius 3 is 2.64 bits per heavy atom. The number of nitrogens with zero attached hydrogens (tertiary/aromatic N) is 6. The van der Waals surface area contributed by atoms with E-state index in [1.54, 1.807) is 0 Å². The lowest BCUT2D eigenvalue weighted by atomic mass is 10.1. The van der Waals surface area contributed by atoms with Gasteiger partial charge in [0.25, 0.3) is 0 Å². The highest BCUT2D eigenvalue weighted by Gasteiger charge is 2.27. The Kier molecular flexibility index (Phi) is 3.67. The van der Waals surface area contributed by atoms with Crippen LogP contribution in [-0.4, -0.2) is 69.9 Å². The van der Waals surface area contributed by atoms with E-state index >= 15 is 0 Å². The van der Waals surface area contributed by atoms with Crippen LogP contribution in [0.2, 0.25) is 0 Å². The van der Waals surface area contributed by atoms with E-state index in [2.05, 4.69) is 25.0 Å². The number of hydrogen-bond acceptors (Lipinski definition) is 6. The third-order valence-electron chi connectivity index (χ3n) is 4.80. The zero-order valence-corrected chi connectivity index (χ0v) is 13.0. The topological polar surface area (TPSA) is 58.8 Å². The summed E-state index contributed by atoms with van der Waals surface area (Å²) in [6.07, 6.45) is 6.09. The van der Waals surface area contributed by atoms with Gasteiger partial charge in [-0.3, -0.25) is 9.30 Å². The molecule has 4 rings (SSSR count). The van der Waals surface area contributed by atoms with Crippen molar-refractivity contribution in [2.75, 3.05) is 44.3 Å². The largest absolute Gasteiger partial charge is 0.381 e. The Hall–Kier alpha value is -1.73. The number of anilines is 1. The number of hydrogen-bond donors (Lipinski definition) is 0. The molecular formula is C15H22N6O. The minimum Gasteiger partial charge on any atom is -0.381 e. The Labute approximate surface area is 129 Å². The molecule has 2 aliphatic heterocycles. The van der Waals surface area contributed by atoms with Crippen LogP contribution in [0.25, 0.3) is 5.65 Å². The Bertz CT molecular complexity index is 643. The van der Waals surface area contributed by atoms with Gasteiger partial charge in [-0.25, -0.2) is 4.98 Å². The molecule has 0 radical (unpaired) electrons. The lowest BCUT2D eigenvalue weighted by Gasteiger charge is -2.40. The van der Waals surface area contributed by atoms with Gasteiger partial charge in [-0.2, -0.15) is 0 Å². The van der Waals surface area contributed by atoms with Gasteiger partial charge < -0.3 is 9.64 Å². The van der Waals surface area contributed by atoms with E-state index in [1.165, 1.54) is 0 Å². The SMILES string of the molecule is Cc1nnc2c(N3CCN(C4CCOCC4)CC3)nccn12. The second-order valence-corrected chi connectivity index (χ2v) is 6.06. The first-order valence-electron chi connectivity index (χ1n) is 8.06. The van der Waals surface area contributed by atoms with Crippen molar-refractivity contribution in [3.8, 4) is 0 Å². The third-order valence-corrected chi connectivity index (χ3v) is 4.80. The number of aromatic nitrogens is 4. The van der Waals surface area contributed by atoms with Gasteiger partial charge in [0.05, 0.1) is 0 Å². The van der Waals surface area contributed by atoms with E-state index in [0.29, 0.717) is 6.04 Å². The molecule has 2 fully saturated rings. The van der Waals surface area contributed by atoms with E-state index < -0.39 is 0 Å². The number of rotatable bonds is 2. The Morgan fingerprint density at radius 2 is 1.86 bits per heavy atom. The zero-order valence-electron chi connectivity index (χ0n) is 13.0. The maximum Gasteiger partial charge on any atom is 0.203 e. The average molecular weight is 302 g/mol. The van der Waals surface area contributed by atoms with Crippen LogP contribution in [0.1, 0.15) is 18.7 Å². The molecule has 2 aliphatic rings. The van der Waals surface area contributed by atoms with Crippen molar-refractivity contribution >= 4 is 11.5 Å². The Morgan fingerprint density at radius 1 is 1.09 bits per heavy atom. The molecule has 2 aromatic rings. The van der Waals surface area contributed by atoms with Crippen molar-refractivity contribution in [1.29, 1.82) is 0 Å². The smallest absolute Gasteiger partial charge is 0.203 e. The van der Waals surface area contributed by atoms with Gasteiger partial charge in [-0.05, 0) is 19.8 Å². The average Bonchev–Trinajstić information content (AvgIpc) is 2.97. The zero-order chi connectivity index (χ0) is 14.9. The minimum atomic E-state index is 0.690. The van der Waals surface area contributed by atoms with Crippen molar-refractivity contribution < 1.29 is 4.74 Å². The van der Waals surface area contributed by atoms with Crippen LogP contribution in [0.15, 0.2) is 12.4 Å². The molecular weight excluding hydrogens is 280 g/mol. The van der Waals surface area contributed by atoms with Crippen LogP contribution >= 0.6 is 0 Å². The number of fused-ring (bicyclic) bond motifs is 1. The highest BCUT2D eigenvalue weighted by molar-refractivity contribution is 5.63. The molecule has 22 heavy (non-hydrogen) atoms. The van der Waals surface area contributed by atoms with E-state index in [9.17, 15) is 0 Å². The van der Waals surface area contributed by atoms with Gasteiger partial charge in [-0.1, -0.05) is 0 Å². The van der Waals surface area contributed by atoms with E-state index in [1.807, 2.05) is 23.7 Å². The number of aryl methyl sites for hydroxylation is 1. The molecule has 118 valence electrons. The molecule has 0 unspecified atom stereocenters. The van der Waals surface area contributed by atoms with Gasteiger partial charge >= 0.3 is 0 Å². The first-order valence-corrected chi connectivity index (χ1v) is 8.06. The summed E-state index contributed by atoms with van der Waals surface area (Å²) in [4.78, 5) is 9.48. The van der Waals surface area contributed by atoms with Crippen molar-refractivity contribution in [1.82, 2.24) is 24.5 Å². The fraction of sp³-hybridized carbons (Fsp3) is 0.667. The summed E-state index contributed by atoms with van der Waals surface area (Å²) >= 11 is 0. The molecule has 7 heteroatoms. The first kappa shape index (κ1) is 13.9. The molecule has 0 aliphatic carbocycles. The molecule has 0 amide bonds. The standard InChI is InChI=1S/C15H22N6O/c1-12-17-18-15-14(16-4-5-21(12)15)20-8-6-19(7-9-20)13-2-10-22-11-3-13/h4-5,13H,2-3,6-11H2,1H3. The van der Waals surface area contributed by atoms with E-state index in [4.69, 9.17) is 4.74 Å². The van der Waals surface area contributed by atoms with Gasteiger partial charge in [-0.15, -0.1) is 10.2 Å². The Balaban J connectivity index is 1.48. The van der Waals surface area contributed by atoms with Crippen LogP contribution in [0.4, 0.5) is 5.82 Å². The van der Waals surface area contributed by atoms with Crippen LogP contribution < -0.4 is 4.90 Å². The van der Waals surface area contributed by atoms with Crippen molar-refractivity contribution in [2.45, 2.75) is 25.8 Å². The molecule has 0 aromatic carbocycles. The molecule has 0 N–H and O–H groups in total. The maximum absolute atomic E-state index is 5.47. The molecule has 0 atom stereocenters. The number of ether oxygens (including phenoxy) is 1. The summed E-state index contributed by atoms with van der Waals surface area (Å²) in [5, 5.41) is 8.44. The van der Waals surface area contributed by atoms with Gasteiger partial charge in [0.15, 0.2) is 5.82 Å². The fourth-order valence-electron chi connectivity index (χ4n) is 3.50. The van der Waals surface area contributed by atoms with Crippen molar-refractivity contribution in [3.05, 3.63) is 18.2 Å². The van der Waals surface area contributed by atoms with Crippen LogP contribution in [0.5, 0.6) is 0 Å². The second kappa shape index (κ2) is 5.81. The summed E-state index contributed by atoms with van der Waals surface area (Å²) in [7, 11) is 0. The van der Waals surface area contributed by atoms with E-state index in [-0.39, 0.29) is 0 Å². The monoisotopic (exact) mass is 302 g/mol. The summed E-state index contributed by atoms with van der Waals surface area (Å²) in [6.45, 7) is 7.94. The summed E-state index contributed by atoms with van der Waals surface area (Å²) in [6, 6.07) is 0.690. The van der Waals surface area contributed by atoms with Crippen LogP contribution in [0, 0.1) is 6.92 Å². The molecule has 4 heterocycles. The van der Waals surface area contributed by atoms with Crippen molar-refractivity contribution in [3.63, 3.8) is 0 Å². The summed E-state index contributed by atoms with van der Waals surface area (Å²) in [5.41, 5.74) is 0.861. The van der Waals surface area contributed by atoms with Crippen molar-refractivity contribution in [2.24, 2.45) is 0 Å². The number of piperazine rings is 1. The highest BCUT2D eigenvalue weighted by Crippen LogP contribution is 2.21. The molecule has 0 spiro atoms. The maximum atomic E-state index is 5.47. The quantitative estimate of drug-likeness (QED) is 0.815. The van der Waals surface area contributed by atoms with Crippen LogP contribution in [-0.2, 0) is 4.74 Å². The molecule has 0 bridgehead atoms. The predicted octanol–water partition coefficient (Wildman–Crippen LogP) is 0.734. The van der Waals surface area contributed by atoms with Gasteiger partial charge in [0, 0.05) is 57.8 Å². The van der Waals surface area contributed by atoms with Gasteiger partial charge in [0.1, 0.15) is 5.82 Å². The normalized spacial score (nSPS) is 21.6. The lowest BCUT2D eigenvalue weighted by Crippen LogP contribution is -2.52. The summed E-state index contributed by atoms with van der Waals surface area (Å²) < 4.78 is 7.47.